The lowest BCUT2D eigenvalue weighted by molar-refractivity contribution is 0.685. The molecule has 0 radical (unpaired) electrons. The average molecular weight is 299 g/mol. The largest absolute Gasteiger partial charge is 0.308 e. The van der Waals surface area contributed by atoms with E-state index in [1.54, 1.807) is 23.5 Å². The number of benzene rings is 1. The molecule has 1 aliphatic rings. The van der Waals surface area contributed by atoms with Crippen molar-refractivity contribution in [3.63, 3.8) is 0 Å². The average Bonchev–Trinajstić information content (AvgIpc) is 3.08. The van der Waals surface area contributed by atoms with Crippen LogP contribution in [0.2, 0.25) is 10.0 Å². The SMILES string of the molecule is Clc1ccc(Cl)c(-c2csc(CNC3CC3)n2)c1. The van der Waals surface area contributed by atoms with Gasteiger partial charge in [-0.25, -0.2) is 4.98 Å². The molecule has 0 unspecified atom stereocenters. The maximum Gasteiger partial charge on any atom is 0.107 e. The van der Waals surface area contributed by atoms with Crippen molar-refractivity contribution >= 4 is 34.5 Å². The van der Waals surface area contributed by atoms with Crippen molar-refractivity contribution in [2.45, 2.75) is 25.4 Å². The quantitative estimate of drug-likeness (QED) is 0.907. The molecule has 0 bridgehead atoms. The molecular formula is C13H12Cl2N2S. The van der Waals surface area contributed by atoms with Gasteiger partial charge in [-0.15, -0.1) is 11.3 Å². The number of nitrogens with one attached hydrogen (secondary N) is 1. The van der Waals surface area contributed by atoms with Gasteiger partial charge < -0.3 is 5.32 Å². The van der Waals surface area contributed by atoms with Crippen LogP contribution in [0.1, 0.15) is 17.8 Å². The second-order valence-electron chi connectivity index (χ2n) is 4.41. The molecular weight excluding hydrogens is 287 g/mol. The minimum Gasteiger partial charge on any atom is -0.308 e. The molecule has 1 heterocycles. The van der Waals surface area contributed by atoms with E-state index in [9.17, 15) is 0 Å². The summed E-state index contributed by atoms with van der Waals surface area (Å²) in [5.74, 6) is 0. The lowest BCUT2D eigenvalue weighted by Gasteiger charge is -2.01. The van der Waals surface area contributed by atoms with Crippen LogP contribution in [0, 0.1) is 0 Å². The first kappa shape index (κ1) is 12.4. The molecule has 0 atom stereocenters. The molecule has 0 saturated heterocycles. The zero-order valence-corrected chi connectivity index (χ0v) is 11.9. The summed E-state index contributed by atoms with van der Waals surface area (Å²) in [5.41, 5.74) is 1.80. The highest BCUT2D eigenvalue weighted by Crippen LogP contribution is 2.31. The van der Waals surface area contributed by atoms with E-state index in [2.05, 4.69) is 10.3 Å². The third kappa shape index (κ3) is 2.86. The van der Waals surface area contributed by atoms with Crippen LogP contribution in [0.15, 0.2) is 23.6 Å². The van der Waals surface area contributed by atoms with Crippen molar-refractivity contribution in [2.75, 3.05) is 0 Å². The van der Waals surface area contributed by atoms with Gasteiger partial charge in [0.05, 0.1) is 10.7 Å². The van der Waals surface area contributed by atoms with Gasteiger partial charge in [0.15, 0.2) is 0 Å². The number of hydrogen-bond donors (Lipinski definition) is 1. The molecule has 18 heavy (non-hydrogen) atoms. The molecule has 1 fully saturated rings. The van der Waals surface area contributed by atoms with Crippen molar-refractivity contribution in [1.29, 1.82) is 0 Å². The molecule has 5 heteroatoms. The summed E-state index contributed by atoms with van der Waals surface area (Å²) in [7, 11) is 0. The topological polar surface area (TPSA) is 24.9 Å². The number of aromatic nitrogens is 1. The fourth-order valence-corrected chi connectivity index (χ4v) is 2.86. The first-order valence-corrected chi connectivity index (χ1v) is 7.49. The maximum absolute atomic E-state index is 6.17. The standard InChI is InChI=1S/C13H12Cl2N2S/c14-8-1-4-11(15)10(5-8)12-7-18-13(17-12)6-16-9-2-3-9/h1,4-5,7,9,16H,2-3,6H2. The number of hydrogen-bond acceptors (Lipinski definition) is 3. The van der Waals surface area contributed by atoms with Gasteiger partial charge in [-0.05, 0) is 31.0 Å². The normalized spacial score (nSPS) is 15.0. The van der Waals surface area contributed by atoms with Crippen molar-refractivity contribution in [3.8, 4) is 11.3 Å². The second kappa shape index (κ2) is 5.17. The Morgan fingerprint density at radius 2 is 2.17 bits per heavy atom. The molecule has 1 N–H and O–H groups in total. The molecule has 0 aliphatic heterocycles. The van der Waals surface area contributed by atoms with Crippen LogP contribution in [0.5, 0.6) is 0 Å². The van der Waals surface area contributed by atoms with Gasteiger partial charge in [0, 0.05) is 28.6 Å². The summed E-state index contributed by atoms with van der Waals surface area (Å²) in [4.78, 5) is 4.60. The first-order valence-electron chi connectivity index (χ1n) is 5.85. The molecule has 94 valence electrons. The monoisotopic (exact) mass is 298 g/mol. The van der Waals surface area contributed by atoms with E-state index in [-0.39, 0.29) is 0 Å². The Labute approximate surface area is 120 Å². The lowest BCUT2D eigenvalue weighted by Crippen LogP contribution is -2.14. The van der Waals surface area contributed by atoms with Crippen molar-refractivity contribution in [3.05, 3.63) is 38.6 Å². The fraction of sp³-hybridized carbons (Fsp3) is 0.308. The van der Waals surface area contributed by atoms with E-state index >= 15 is 0 Å². The fourth-order valence-electron chi connectivity index (χ4n) is 1.73. The highest BCUT2D eigenvalue weighted by atomic mass is 35.5. The number of thiazole rings is 1. The Morgan fingerprint density at radius 3 is 2.94 bits per heavy atom. The van der Waals surface area contributed by atoms with E-state index in [1.165, 1.54) is 12.8 Å². The van der Waals surface area contributed by atoms with Crippen LogP contribution in [0.4, 0.5) is 0 Å². The van der Waals surface area contributed by atoms with E-state index < -0.39 is 0 Å². The first-order chi connectivity index (χ1) is 8.72. The van der Waals surface area contributed by atoms with Crippen LogP contribution in [-0.4, -0.2) is 11.0 Å². The van der Waals surface area contributed by atoms with E-state index in [0.29, 0.717) is 16.1 Å². The maximum atomic E-state index is 6.17. The van der Waals surface area contributed by atoms with Crippen LogP contribution in [0.25, 0.3) is 11.3 Å². The molecule has 0 amide bonds. The third-order valence-electron chi connectivity index (χ3n) is 2.88. The van der Waals surface area contributed by atoms with Crippen LogP contribution >= 0.6 is 34.5 Å². The minimum atomic E-state index is 0.681. The molecule has 1 aliphatic carbocycles. The Kier molecular flexibility index (Phi) is 3.57. The smallest absolute Gasteiger partial charge is 0.107 e. The van der Waals surface area contributed by atoms with Gasteiger partial charge >= 0.3 is 0 Å². The summed E-state index contributed by atoms with van der Waals surface area (Å²) < 4.78 is 0. The second-order valence-corrected chi connectivity index (χ2v) is 6.19. The van der Waals surface area contributed by atoms with Crippen molar-refractivity contribution in [1.82, 2.24) is 10.3 Å². The van der Waals surface area contributed by atoms with Gasteiger partial charge in [-0.1, -0.05) is 23.2 Å². The Hall–Kier alpha value is -0.610. The van der Waals surface area contributed by atoms with E-state index in [4.69, 9.17) is 23.2 Å². The Balaban J connectivity index is 1.80. The number of rotatable bonds is 4. The molecule has 1 aromatic heterocycles. The van der Waals surface area contributed by atoms with Crippen molar-refractivity contribution < 1.29 is 0 Å². The summed E-state index contributed by atoms with van der Waals surface area (Å²) in [5, 5.41) is 7.94. The predicted molar refractivity (Wildman–Crippen MR) is 77.4 cm³/mol. The zero-order chi connectivity index (χ0) is 12.5. The van der Waals surface area contributed by atoms with Crippen LogP contribution in [0.3, 0.4) is 0 Å². The third-order valence-corrected chi connectivity index (χ3v) is 4.29. The van der Waals surface area contributed by atoms with E-state index in [0.717, 1.165) is 22.8 Å². The zero-order valence-electron chi connectivity index (χ0n) is 9.62. The van der Waals surface area contributed by atoms with Gasteiger partial charge in [-0.2, -0.15) is 0 Å². The Morgan fingerprint density at radius 1 is 1.33 bits per heavy atom. The lowest BCUT2D eigenvalue weighted by atomic mass is 10.2. The van der Waals surface area contributed by atoms with Gasteiger partial charge in [0.2, 0.25) is 0 Å². The number of nitrogens with zero attached hydrogens (tertiary/aromatic N) is 1. The molecule has 1 aromatic carbocycles. The van der Waals surface area contributed by atoms with Crippen LogP contribution in [-0.2, 0) is 6.54 Å². The van der Waals surface area contributed by atoms with Gasteiger partial charge in [0.1, 0.15) is 5.01 Å². The van der Waals surface area contributed by atoms with Gasteiger partial charge in [-0.3, -0.25) is 0 Å². The summed E-state index contributed by atoms with van der Waals surface area (Å²) >= 11 is 13.8. The molecule has 3 rings (SSSR count). The highest BCUT2D eigenvalue weighted by Gasteiger charge is 2.20. The van der Waals surface area contributed by atoms with Crippen LogP contribution < -0.4 is 5.32 Å². The highest BCUT2D eigenvalue weighted by molar-refractivity contribution is 7.09. The van der Waals surface area contributed by atoms with E-state index in [1.807, 2.05) is 11.4 Å². The molecule has 0 spiro atoms. The Bertz CT molecular complexity index is 564. The minimum absolute atomic E-state index is 0.681. The summed E-state index contributed by atoms with van der Waals surface area (Å²) in [6, 6.07) is 6.15. The van der Waals surface area contributed by atoms with Crippen molar-refractivity contribution in [2.24, 2.45) is 0 Å². The predicted octanol–water partition coefficient (Wildman–Crippen LogP) is 4.37. The summed E-state index contributed by atoms with van der Waals surface area (Å²) in [6.07, 6.45) is 2.58. The molecule has 2 nitrogen and oxygen atoms in total. The number of halogens is 2. The summed E-state index contributed by atoms with van der Waals surface area (Å²) in [6.45, 7) is 0.841. The molecule has 1 saturated carbocycles. The van der Waals surface area contributed by atoms with Gasteiger partial charge in [0.25, 0.3) is 0 Å². The molecule has 2 aromatic rings.